The fraction of sp³-hybridized carbons (Fsp3) is 0.714. The van der Waals surface area contributed by atoms with Crippen molar-refractivity contribution in [3.63, 3.8) is 0 Å². The number of ether oxygens (including phenoxy) is 2. The van der Waals surface area contributed by atoms with Gasteiger partial charge in [-0.15, -0.1) is 24.0 Å². The maximum absolute atomic E-state index is 11.9. The zero-order valence-electron chi connectivity index (χ0n) is 17.8. The second kappa shape index (κ2) is 13.9. The van der Waals surface area contributed by atoms with Gasteiger partial charge in [0, 0.05) is 32.8 Å². The zero-order valence-corrected chi connectivity index (χ0v) is 20.1. The van der Waals surface area contributed by atoms with Crippen molar-refractivity contribution in [2.24, 2.45) is 4.99 Å². The third-order valence-corrected chi connectivity index (χ3v) is 5.27. The summed E-state index contributed by atoms with van der Waals surface area (Å²) in [5, 5.41) is 6.17. The lowest BCUT2D eigenvalue weighted by Gasteiger charge is -2.35. The number of amides is 1. The van der Waals surface area contributed by atoms with Crippen molar-refractivity contribution in [1.29, 1.82) is 0 Å². The van der Waals surface area contributed by atoms with Crippen LogP contribution in [0.1, 0.15) is 49.6 Å². The van der Waals surface area contributed by atoms with Crippen molar-refractivity contribution in [2.75, 3.05) is 45.9 Å². The molecule has 8 nitrogen and oxygen atoms in total. The summed E-state index contributed by atoms with van der Waals surface area (Å²) in [5.41, 5.74) is 0. The Labute approximate surface area is 196 Å². The second-order valence-corrected chi connectivity index (χ2v) is 7.48. The molecule has 0 bridgehead atoms. The van der Waals surface area contributed by atoms with Crippen LogP contribution in [0.3, 0.4) is 0 Å². The molecule has 2 N–H and O–H groups in total. The van der Waals surface area contributed by atoms with E-state index in [2.05, 4.69) is 27.4 Å². The van der Waals surface area contributed by atoms with Crippen molar-refractivity contribution in [2.45, 2.75) is 51.2 Å². The molecule has 1 atom stereocenters. The number of nitrogens with one attached hydrogen (secondary N) is 2. The number of guanidine groups is 1. The van der Waals surface area contributed by atoms with E-state index in [1.807, 2.05) is 0 Å². The number of furan rings is 1. The van der Waals surface area contributed by atoms with Crippen molar-refractivity contribution >= 4 is 35.8 Å². The van der Waals surface area contributed by atoms with E-state index in [-0.39, 0.29) is 36.0 Å². The average molecular weight is 534 g/mol. The molecule has 170 valence electrons. The maximum Gasteiger partial charge on any atom is 0.287 e. The Bertz CT molecular complexity index is 627. The average Bonchev–Trinajstić information content (AvgIpc) is 3.31. The van der Waals surface area contributed by atoms with E-state index in [4.69, 9.17) is 13.9 Å². The molecule has 0 radical (unpaired) electrons. The standard InChI is InChI=1S/C21H34N4O4.HI/c1-2-22-21(24-11-10-23-20(26)19-7-5-15-28-19)25-12-8-17(9-13-25)29-16-18-6-3-4-14-27-18;/h5,7,15,17-18H,2-4,6,8-14,16H2,1H3,(H,22,24)(H,23,26);1H. The number of hydrogen-bond donors (Lipinski definition) is 2. The Kier molecular flexibility index (Phi) is 11.5. The van der Waals surface area contributed by atoms with Crippen molar-refractivity contribution < 1.29 is 18.7 Å². The number of piperidine rings is 1. The van der Waals surface area contributed by atoms with E-state index in [1.165, 1.54) is 19.1 Å². The second-order valence-electron chi connectivity index (χ2n) is 7.48. The molecule has 0 aromatic carbocycles. The van der Waals surface area contributed by atoms with Crippen LogP contribution in [0.4, 0.5) is 0 Å². The van der Waals surface area contributed by atoms with Gasteiger partial charge in [0.15, 0.2) is 11.7 Å². The Balaban J connectivity index is 0.00000320. The molecule has 1 unspecified atom stereocenters. The summed E-state index contributed by atoms with van der Waals surface area (Å²) in [5.74, 6) is 1.01. The van der Waals surface area contributed by atoms with Crippen LogP contribution in [-0.2, 0) is 9.47 Å². The topological polar surface area (TPSA) is 88.3 Å². The highest BCUT2D eigenvalue weighted by atomic mass is 127. The Morgan fingerprint density at radius 3 is 2.77 bits per heavy atom. The Morgan fingerprint density at radius 1 is 1.27 bits per heavy atom. The molecule has 1 aromatic heterocycles. The largest absolute Gasteiger partial charge is 0.459 e. The first-order valence-electron chi connectivity index (χ1n) is 10.8. The number of rotatable bonds is 8. The lowest BCUT2D eigenvalue weighted by molar-refractivity contribution is -0.0721. The first-order valence-corrected chi connectivity index (χ1v) is 10.8. The number of carbonyl (C=O) groups excluding carboxylic acids is 1. The quantitative estimate of drug-likeness (QED) is 0.231. The summed E-state index contributed by atoms with van der Waals surface area (Å²) in [4.78, 5) is 18.8. The first-order chi connectivity index (χ1) is 14.3. The van der Waals surface area contributed by atoms with Gasteiger partial charge in [0.05, 0.1) is 31.6 Å². The van der Waals surface area contributed by atoms with Crippen LogP contribution in [0.5, 0.6) is 0 Å². The lowest BCUT2D eigenvalue weighted by atomic mass is 10.1. The molecule has 2 fully saturated rings. The molecule has 3 heterocycles. The summed E-state index contributed by atoms with van der Waals surface area (Å²) in [7, 11) is 0. The highest BCUT2D eigenvalue weighted by molar-refractivity contribution is 14.0. The zero-order chi connectivity index (χ0) is 20.3. The van der Waals surface area contributed by atoms with Crippen LogP contribution >= 0.6 is 24.0 Å². The van der Waals surface area contributed by atoms with Gasteiger partial charge in [-0.05, 0) is 51.2 Å². The van der Waals surface area contributed by atoms with E-state index in [0.717, 1.165) is 51.5 Å². The molecule has 9 heteroatoms. The minimum atomic E-state index is -0.213. The van der Waals surface area contributed by atoms with Gasteiger partial charge in [-0.3, -0.25) is 9.79 Å². The molecule has 2 saturated heterocycles. The number of hydrogen-bond acceptors (Lipinski definition) is 5. The summed E-state index contributed by atoms with van der Waals surface area (Å²) >= 11 is 0. The predicted octanol–water partition coefficient (Wildman–Crippen LogP) is 2.64. The Hall–Kier alpha value is -1.33. The molecular formula is C21H35IN4O4. The minimum Gasteiger partial charge on any atom is -0.459 e. The van der Waals surface area contributed by atoms with Crippen LogP contribution in [-0.4, -0.2) is 74.9 Å². The van der Waals surface area contributed by atoms with Gasteiger partial charge in [0.2, 0.25) is 0 Å². The lowest BCUT2D eigenvalue weighted by Crippen LogP contribution is -2.47. The SMILES string of the molecule is CCNC(=NCCNC(=O)c1ccco1)N1CCC(OCC2CCCCO2)CC1.I. The van der Waals surface area contributed by atoms with Crippen LogP contribution in [0, 0.1) is 0 Å². The van der Waals surface area contributed by atoms with Gasteiger partial charge in [-0.2, -0.15) is 0 Å². The van der Waals surface area contributed by atoms with Crippen LogP contribution in [0.2, 0.25) is 0 Å². The van der Waals surface area contributed by atoms with Crippen LogP contribution < -0.4 is 10.6 Å². The fourth-order valence-corrected chi connectivity index (χ4v) is 3.67. The molecular weight excluding hydrogens is 499 g/mol. The number of nitrogens with zero attached hydrogens (tertiary/aromatic N) is 2. The summed E-state index contributed by atoms with van der Waals surface area (Å²) in [6.45, 7) is 7.29. The number of likely N-dealkylation sites (tertiary alicyclic amines) is 1. The van der Waals surface area contributed by atoms with E-state index in [9.17, 15) is 4.79 Å². The van der Waals surface area contributed by atoms with Crippen molar-refractivity contribution in [1.82, 2.24) is 15.5 Å². The number of halogens is 1. The highest BCUT2D eigenvalue weighted by Crippen LogP contribution is 2.18. The van der Waals surface area contributed by atoms with Crippen molar-refractivity contribution in [3.8, 4) is 0 Å². The van der Waals surface area contributed by atoms with E-state index >= 15 is 0 Å². The molecule has 2 aliphatic heterocycles. The molecule has 2 aliphatic rings. The van der Waals surface area contributed by atoms with Crippen LogP contribution in [0.15, 0.2) is 27.8 Å². The van der Waals surface area contributed by atoms with Crippen molar-refractivity contribution in [3.05, 3.63) is 24.2 Å². The molecule has 0 spiro atoms. The summed E-state index contributed by atoms with van der Waals surface area (Å²) < 4.78 is 16.9. The van der Waals surface area contributed by atoms with Gasteiger partial charge in [-0.25, -0.2) is 0 Å². The minimum absolute atomic E-state index is 0. The molecule has 1 aromatic rings. The molecule has 30 heavy (non-hydrogen) atoms. The molecule has 1 amide bonds. The van der Waals surface area contributed by atoms with Gasteiger partial charge < -0.3 is 29.4 Å². The Morgan fingerprint density at radius 2 is 2.10 bits per heavy atom. The third-order valence-electron chi connectivity index (χ3n) is 5.27. The van der Waals surface area contributed by atoms with Gasteiger partial charge in [-0.1, -0.05) is 0 Å². The fourth-order valence-electron chi connectivity index (χ4n) is 3.67. The predicted molar refractivity (Wildman–Crippen MR) is 127 cm³/mol. The monoisotopic (exact) mass is 534 g/mol. The summed E-state index contributed by atoms with van der Waals surface area (Å²) in [6.07, 6.45) is 7.59. The van der Waals surface area contributed by atoms with E-state index in [0.29, 0.717) is 31.6 Å². The van der Waals surface area contributed by atoms with Crippen LogP contribution in [0.25, 0.3) is 0 Å². The van der Waals surface area contributed by atoms with Gasteiger partial charge >= 0.3 is 0 Å². The maximum atomic E-state index is 11.9. The highest BCUT2D eigenvalue weighted by Gasteiger charge is 2.23. The molecule has 3 rings (SSSR count). The van der Waals surface area contributed by atoms with Gasteiger partial charge in [0.1, 0.15) is 0 Å². The third kappa shape index (κ3) is 8.07. The smallest absolute Gasteiger partial charge is 0.287 e. The molecule has 0 saturated carbocycles. The van der Waals surface area contributed by atoms with Gasteiger partial charge in [0.25, 0.3) is 5.91 Å². The van der Waals surface area contributed by atoms with E-state index < -0.39 is 0 Å². The summed E-state index contributed by atoms with van der Waals surface area (Å²) in [6, 6.07) is 3.35. The normalized spacial score (nSPS) is 20.5. The number of aliphatic imine (C=N–C) groups is 1. The van der Waals surface area contributed by atoms with E-state index in [1.54, 1.807) is 12.1 Å². The number of carbonyl (C=O) groups is 1. The molecule has 0 aliphatic carbocycles. The first kappa shape index (κ1) is 24.9.